The summed E-state index contributed by atoms with van der Waals surface area (Å²) in [5.74, 6) is 0. The smallest absolute Gasteiger partial charge is 0.0181 e. The van der Waals surface area contributed by atoms with E-state index >= 15 is 0 Å². The molecule has 2 aliphatic rings. The number of rotatable bonds is 0. The molecule has 0 aromatic heterocycles. The van der Waals surface area contributed by atoms with Gasteiger partial charge in [0.15, 0.2) is 0 Å². The van der Waals surface area contributed by atoms with Gasteiger partial charge >= 0.3 is 0 Å². The molecule has 144 valence electrons. The van der Waals surface area contributed by atoms with Crippen LogP contribution in [0.25, 0.3) is 33.4 Å². The van der Waals surface area contributed by atoms with Crippen LogP contribution in [0.3, 0.4) is 0 Å². The minimum Gasteiger partial charge on any atom is -0.0587 e. The maximum atomic E-state index is 3.71. The Hall–Kier alpha value is -1.94. The van der Waals surface area contributed by atoms with Crippen LogP contribution in [0, 0.1) is 6.92 Å². The number of hydrogen-bond donors (Lipinski definition) is 0. The molecule has 4 aromatic carbocycles. The van der Waals surface area contributed by atoms with Gasteiger partial charge in [-0.2, -0.15) is 0 Å². The van der Waals surface area contributed by atoms with Gasteiger partial charge in [-0.3, -0.25) is 0 Å². The van der Waals surface area contributed by atoms with Crippen molar-refractivity contribution >= 4 is 58.9 Å². The molecule has 0 bridgehead atoms. The number of fused-ring (bicyclic) bond motifs is 6. The minimum absolute atomic E-state index is 1.10. The van der Waals surface area contributed by atoms with Crippen molar-refractivity contribution < 1.29 is 0 Å². The molecule has 0 atom stereocenters. The summed E-state index contributed by atoms with van der Waals surface area (Å²) in [6, 6.07) is 26.7. The van der Waals surface area contributed by atoms with E-state index in [9.17, 15) is 0 Å². The molecule has 0 saturated heterocycles. The summed E-state index contributed by atoms with van der Waals surface area (Å²) in [5, 5.41) is 0. The van der Waals surface area contributed by atoms with E-state index in [0.29, 0.717) is 0 Å². The molecule has 0 radical (unpaired) electrons. The van der Waals surface area contributed by atoms with Crippen molar-refractivity contribution in [3.63, 3.8) is 0 Å². The molecule has 2 aliphatic carbocycles. The van der Waals surface area contributed by atoms with Crippen molar-refractivity contribution in [1.82, 2.24) is 0 Å². The first-order valence-corrected chi connectivity index (χ1v) is 12.1. The summed E-state index contributed by atoms with van der Waals surface area (Å²) in [7, 11) is 0. The van der Waals surface area contributed by atoms with Crippen LogP contribution in [0.15, 0.2) is 86.2 Å². The van der Waals surface area contributed by atoms with Gasteiger partial charge < -0.3 is 0 Å². The molecule has 0 saturated carbocycles. The fourth-order valence-corrected chi connectivity index (χ4v) is 5.89. The van der Waals surface area contributed by atoms with Crippen LogP contribution in [0.5, 0.6) is 0 Å². The van der Waals surface area contributed by atoms with Gasteiger partial charge in [0, 0.05) is 13.4 Å². The van der Waals surface area contributed by atoms with Gasteiger partial charge in [0.05, 0.1) is 0 Å². The Kier molecular flexibility index (Phi) is 4.25. The van der Waals surface area contributed by atoms with E-state index in [-0.39, 0.29) is 0 Å². The van der Waals surface area contributed by atoms with Crippen molar-refractivity contribution in [3.05, 3.63) is 114 Å². The Balaban J connectivity index is 1.82. The highest BCUT2D eigenvalue weighted by molar-refractivity contribution is 9.11. The van der Waals surface area contributed by atoms with Gasteiger partial charge in [-0.15, -0.1) is 0 Å². The van der Waals surface area contributed by atoms with Crippen molar-refractivity contribution in [2.45, 2.75) is 6.92 Å². The lowest BCUT2D eigenvalue weighted by Gasteiger charge is -2.12. The van der Waals surface area contributed by atoms with E-state index in [1.165, 1.54) is 61.2 Å². The number of hydrogen-bond acceptors (Lipinski definition) is 0. The summed E-state index contributed by atoms with van der Waals surface area (Å²) in [5.41, 5.74) is 14.3. The third kappa shape index (κ3) is 2.69. The fourth-order valence-electron chi connectivity index (χ4n) is 4.80. The van der Waals surface area contributed by atoms with Gasteiger partial charge in [-0.25, -0.2) is 0 Å². The van der Waals surface area contributed by atoms with E-state index in [4.69, 9.17) is 0 Å². The predicted octanol–water partition coefficient (Wildman–Crippen LogP) is 9.25. The average Bonchev–Trinajstić information content (AvgIpc) is 3.18. The maximum Gasteiger partial charge on any atom is 0.0181 e. The van der Waals surface area contributed by atoms with Crippen LogP contribution >= 0.6 is 47.8 Å². The number of aryl methyl sites for hydroxylation is 1. The highest BCUT2D eigenvalue weighted by atomic mass is 79.9. The molecule has 0 nitrogen and oxygen atoms in total. The largest absolute Gasteiger partial charge is 0.0587 e. The summed E-state index contributed by atoms with van der Waals surface area (Å²) in [6.45, 7) is 2.17. The van der Waals surface area contributed by atoms with E-state index in [1.54, 1.807) is 0 Å². The molecule has 3 heteroatoms. The molecule has 0 aliphatic heterocycles. The van der Waals surface area contributed by atoms with Crippen molar-refractivity contribution in [2.24, 2.45) is 0 Å². The van der Waals surface area contributed by atoms with Crippen molar-refractivity contribution in [3.8, 4) is 22.3 Å². The molecule has 4 aromatic rings. The van der Waals surface area contributed by atoms with Gasteiger partial charge in [-0.05, 0) is 99.0 Å². The molecule has 0 amide bonds. The predicted molar refractivity (Wildman–Crippen MR) is 137 cm³/mol. The number of halogens is 3. The van der Waals surface area contributed by atoms with Gasteiger partial charge in [-0.1, -0.05) is 89.8 Å². The van der Waals surface area contributed by atoms with Crippen LogP contribution in [0.1, 0.15) is 27.8 Å². The van der Waals surface area contributed by atoms with Gasteiger partial charge in [0.25, 0.3) is 0 Å². The summed E-state index contributed by atoms with van der Waals surface area (Å²) >= 11 is 11.1. The second kappa shape index (κ2) is 6.78. The second-order valence-corrected chi connectivity index (χ2v) is 10.6. The van der Waals surface area contributed by atoms with E-state index < -0.39 is 0 Å². The molecule has 30 heavy (non-hydrogen) atoms. The lowest BCUT2D eigenvalue weighted by Crippen LogP contribution is -1.91. The second-order valence-electron chi connectivity index (χ2n) is 7.87. The Labute approximate surface area is 201 Å². The Morgan fingerprint density at radius 3 is 1.13 bits per heavy atom. The Morgan fingerprint density at radius 2 is 0.733 bits per heavy atom. The molecular weight excluding hydrogens is 564 g/mol. The standard InChI is InChI=1S/C27H15Br3/c1-14-2-6-18-19-7-3-15(28)11-23(19)26(22(18)10-14)27-24-12-16(29)4-8-20(24)21-9-5-17(30)13-25(21)27/h2-13H,1H3. The lowest BCUT2D eigenvalue weighted by molar-refractivity contribution is 1.46. The summed E-state index contributed by atoms with van der Waals surface area (Å²) in [6.07, 6.45) is 0. The van der Waals surface area contributed by atoms with E-state index in [0.717, 1.165) is 13.4 Å². The monoisotopic (exact) mass is 576 g/mol. The summed E-state index contributed by atoms with van der Waals surface area (Å²) < 4.78 is 3.30. The van der Waals surface area contributed by atoms with Crippen LogP contribution in [0.4, 0.5) is 0 Å². The van der Waals surface area contributed by atoms with Crippen molar-refractivity contribution in [1.29, 1.82) is 0 Å². The van der Waals surface area contributed by atoms with Crippen molar-refractivity contribution in [2.75, 3.05) is 0 Å². The Bertz CT molecular complexity index is 1210. The highest BCUT2D eigenvalue weighted by Gasteiger charge is 2.32. The van der Waals surface area contributed by atoms with Crippen LogP contribution < -0.4 is 0 Å². The molecule has 0 heterocycles. The first-order valence-electron chi connectivity index (χ1n) is 9.77. The zero-order valence-corrected chi connectivity index (χ0v) is 20.8. The Morgan fingerprint density at radius 1 is 0.400 bits per heavy atom. The maximum absolute atomic E-state index is 3.71. The lowest BCUT2D eigenvalue weighted by atomic mass is 9.91. The molecular formula is C27H15Br3. The number of benzene rings is 4. The fraction of sp³-hybridized carbons (Fsp3) is 0.0370. The third-order valence-electron chi connectivity index (χ3n) is 6.03. The summed E-state index contributed by atoms with van der Waals surface area (Å²) in [4.78, 5) is 0. The first kappa shape index (κ1) is 18.8. The average molecular weight is 579 g/mol. The SMILES string of the molecule is Cc1ccc2c(c1)C(=C1c3cc(Br)ccc3-c3ccc(Br)cc31)c1cc(Br)ccc1-2. The van der Waals surface area contributed by atoms with Gasteiger partial charge in [0.1, 0.15) is 0 Å². The normalized spacial score (nSPS) is 13.2. The zero-order valence-electron chi connectivity index (χ0n) is 16.1. The molecule has 0 N–H and O–H groups in total. The van der Waals surface area contributed by atoms with Crippen LogP contribution in [0.2, 0.25) is 0 Å². The van der Waals surface area contributed by atoms with E-state index in [1.807, 2.05) is 0 Å². The topological polar surface area (TPSA) is 0 Å². The van der Waals surface area contributed by atoms with Crippen LogP contribution in [-0.4, -0.2) is 0 Å². The van der Waals surface area contributed by atoms with Crippen LogP contribution in [-0.2, 0) is 0 Å². The quantitative estimate of drug-likeness (QED) is 0.168. The highest BCUT2D eigenvalue weighted by Crippen LogP contribution is 2.55. The molecule has 0 fully saturated rings. The zero-order chi connectivity index (χ0) is 20.6. The molecule has 0 spiro atoms. The van der Waals surface area contributed by atoms with Gasteiger partial charge in [0.2, 0.25) is 0 Å². The first-order chi connectivity index (χ1) is 14.5. The molecule has 0 unspecified atom stereocenters. The minimum atomic E-state index is 1.10. The molecule has 6 rings (SSSR count). The van der Waals surface area contributed by atoms with E-state index in [2.05, 4.69) is 128 Å². The third-order valence-corrected chi connectivity index (χ3v) is 7.51.